The normalized spacial score (nSPS) is 11.0. The van der Waals surface area contributed by atoms with Gasteiger partial charge in [-0.15, -0.1) is 0 Å². The van der Waals surface area contributed by atoms with Crippen LogP contribution in [0.25, 0.3) is 17.2 Å². The maximum atomic E-state index is 10.5. The highest BCUT2D eigenvalue weighted by molar-refractivity contribution is 5.85. The predicted molar refractivity (Wildman–Crippen MR) is 104 cm³/mol. The Morgan fingerprint density at radius 1 is 0.885 bits per heavy atom. The number of methoxy groups -OCH3 is 1. The fraction of sp³-hybridized carbons (Fsp3) is 0.318. The molecule has 0 fully saturated rings. The molecule has 0 heterocycles. The molecule has 0 aromatic heterocycles. The summed E-state index contributed by atoms with van der Waals surface area (Å²) in [6.45, 7) is 1.57. The van der Waals surface area contributed by atoms with E-state index in [1.54, 1.807) is 13.2 Å². The summed E-state index contributed by atoms with van der Waals surface area (Å²) in [6.07, 6.45) is 7.21. The quantitative estimate of drug-likeness (QED) is 0.454. The van der Waals surface area contributed by atoms with E-state index in [0.29, 0.717) is 0 Å². The molecule has 0 saturated heterocycles. The van der Waals surface area contributed by atoms with Gasteiger partial charge in [0.05, 0.1) is 6.61 Å². The third-order valence-corrected chi connectivity index (χ3v) is 4.03. The average Bonchev–Trinajstić information content (AvgIpc) is 2.66. The Morgan fingerprint density at radius 2 is 1.46 bits per heavy atom. The predicted octanol–water partition coefficient (Wildman–Crippen LogP) is 5.04. The van der Waals surface area contributed by atoms with Crippen LogP contribution in [0.5, 0.6) is 5.75 Å². The lowest BCUT2D eigenvalue weighted by atomic mass is 10.0. The van der Waals surface area contributed by atoms with Gasteiger partial charge in [-0.1, -0.05) is 42.8 Å². The van der Waals surface area contributed by atoms with Crippen LogP contribution in [0.2, 0.25) is 0 Å². The van der Waals surface area contributed by atoms with Crippen LogP contribution < -0.4 is 4.74 Å². The first kappa shape index (κ1) is 19.7. The van der Waals surface area contributed by atoms with Gasteiger partial charge < -0.3 is 14.6 Å². The second-order valence-electron chi connectivity index (χ2n) is 6.07. The Morgan fingerprint density at radius 3 is 2.04 bits per heavy atom. The van der Waals surface area contributed by atoms with Crippen molar-refractivity contribution in [2.75, 3.05) is 20.3 Å². The molecular formula is C22H26O4. The van der Waals surface area contributed by atoms with Crippen LogP contribution in [0, 0.1) is 0 Å². The van der Waals surface area contributed by atoms with Crippen molar-refractivity contribution < 1.29 is 19.4 Å². The summed E-state index contributed by atoms with van der Waals surface area (Å²) in [5.41, 5.74) is 3.05. The number of rotatable bonds is 11. The van der Waals surface area contributed by atoms with Gasteiger partial charge in [-0.2, -0.15) is 0 Å². The minimum absolute atomic E-state index is 0.733. The summed E-state index contributed by atoms with van der Waals surface area (Å²) >= 11 is 0. The van der Waals surface area contributed by atoms with E-state index in [0.717, 1.165) is 61.0 Å². The summed E-state index contributed by atoms with van der Waals surface area (Å²) in [4.78, 5) is 10.5. The molecule has 4 heteroatoms. The molecule has 0 aliphatic carbocycles. The number of ether oxygens (including phenoxy) is 2. The molecule has 0 radical (unpaired) electrons. The molecule has 0 saturated carbocycles. The molecule has 0 amide bonds. The molecule has 0 bridgehead atoms. The van der Waals surface area contributed by atoms with Crippen LogP contribution in [0.3, 0.4) is 0 Å². The number of hydrogen-bond acceptors (Lipinski definition) is 3. The Bertz CT molecular complexity index is 687. The smallest absolute Gasteiger partial charge is 0.328 e. The lowest BCUT2D eigenvalue weighted by molar-refractivity contribution is -0.131. The molecular weight excluding hydrogens is 328 g/mol. The van der Waals surface area contributed by atoms with Gasteiger partial charge in [0.1, 0.15) is 5.75 Å². The van der Waals surface area contributed by atoms with Crippen LogP contribution in [0.15, 0.2) is 54.6 Å². The number of hydrogen-bond donors (Lipinski definition) is 1. The van der Waals surface area contributed by atoms with E-state index in [9.17, 15) is 4.79 Å². The molecule has 0 aliphatic rings. The molecule has 0 spiro atoms. The van der Waals surface area contributed by atoms with Crippen LogP contribution in [0.4, 0.5) is 0 Å². The molecule has 0 aliphatic heterocycles. The highest BCUT2D eigenvalue weighted by atomic mass is 16.5. The first-order valence-corrected chi connectivity index (χ1v) is 8.92. The van der Waals surface area contributed by atoms with E-state index in [2.05, 4.69) is 0 Å². The second-order valence-corrected chi connectivity index (χ2v) is 6.07. The van der Waals surface area contributed by atoms with Gasteiger partial charge in [0, 0.05) is 19.8 Å². The van der Waals surface area contributed by atoms with E-state index in [1.807, 2.05) is 48.5 Å². The van der Waals surface area contributed by atoms with Crippen LogP contribution in [-0.4, -0.2) is 31.4 Å². The van der Waals surface area contributed by atoms with E-state index in [1.165, 1.54) is 6.42 Å². The zero-order chi connectivity index (χ0) is 18.6. The van der Waals surface area contributed by atoms with Crippen molar-refractivity contribution in [3.05, 3.63) is 60.2 Å². The molecule has 138 valence electrons. The summed E-state index contributed by atoms with van der Waals surface area (Å²) < 4.78 is 10.8. The van der Waals surface area contributed by atoms with Crippen LogP contribution >= 0.6 is 0 Å². The van der Waals surface area contributed by atoms with E-state index in [-0.39, 0.29) is 0 Å². The summed E-state index contributed by atoms with van der Waals surface area (Å²) in [5, 5.41) is 8.66. The molecule has 2 aromatic rings. The number of carbonyl (C=O) groups is 1. The van der Waals surface area contributed by atoms with E-state index in [4.69, 9.17) is 14.6 Å². The monoisotopic (exact) mass is 354 g/mol. The minimum atomic E-state index is -0.945. The van der Waals surface area contributed by atoms with Crippen LogP contribution in [-0.2, 0) is 9.53 Å². The molecule has 2 rings (SSSR count). The van der Waals surface area contributed by atoms with E-state index >= 15 is 0 Å². The number of benzene rings is 2. The number of unbranched alkanes of at least 4 members (excludes halogenated alkanes) is 3. The summed E-state index contributed by atoms with van der Waals surface area (Å²) in [6, 6.07) is 15.8. The van der Waals surface area contributed by atoms with Gasteiger partial charge in [0.2, 0.25) is 0 Å². The van der Waals surface area contributed by atoms with Gasteiger partial charge in [-0.25, -0.2) is 4.79 Å². The maximum absolute atomic E-state index is 10.5. The van der Waals surface area contributed by atoms with Crippen molar-refractivity contribution in [1.82, 2.24) is 0 Å². The number of carboxylic acid groups (broad SMARTS) is 1. The molecule has 2 aromatic carbocycles. The summed E-state index contributed by atoms with van der Waals surface area (Å²) in [7, 11) is 1.73. The molecule has 26 heavy (non-hydrogen) atoms. The largest absolute Gasteiger partial charge is 0.494 e. The first-order valence-electron chi connectivity index (χ1n) is 8.92. The van der Waals surface area contributed by atoms with Gasteiger partial charge in [-0.05, 0) is 54.2 Å². The maximum Gasteiger partial charge on any atom is 0.328 e. The number of carboxylic acids is 1. The SMILES string of the molecule is COCCCCCCOc1ccc(-c2ccc(/C=C/C(=O)O)cc2)cc1. The Balaban J connectivity index is 1.80. The van der Waals surface area contributed by atoms with Gasteiger partial charge in [-0.3, -0.25) is 0 Å². The zero-order valence-corrected chi connectivity index (χ0v) is 15.2. The average molecular weight is 354 g/mol. The topological polar surface area (TPSA) is 55.8 Å². The van der Waals surface area contributed by atoms with Crippen molar-refractivity contribution in [3.8, 4) is 16.9 Å². The highest BCUT2D eigenvalue weighted by Gasteiger charge is 2.00. The molecule has 0 atom stereocenters. The van der Waals surface area contributed by atoms with Crippen molar-refractivity contribution in [3.63, 3.8) is 0 Å². The molecule has 0 unspecified atom stereocenters. The zero-order valence-electron chi connectivity index (χ0n) is 15.2. The third kappa shape index (κ3) is 7.11. The lowest BCUT2D eigenvalue weighted by Gasteiger charge is -2.08. The van der Waals surface area contributed by atoms with Gasteiger partial charge >= 0.3 is 5.97 Å². The Hall–Kier alpha value is -2.59. The minimum Gasteiger partial charge on any atom is -0.494 e. The van der Waals surface area contributed by atoms with E-state index < -0.39 is 5.97 Å². The van der Waals surface area contributed by atoms with Crippen LogP contribution in [0.1, 0.15) is 31.2 Å². The summed E-state index contributed by atoms with van der Waals surface area (Å²) in [5.74, 6) is -0.0636. The third-order valence-electron chi connectivity index (χ3n) is 4.03. The molecule has 4 nitrogen and oxygen atoms in total. The fourth-order valence-electron chi connectivity index (χ4n) is 2.59. The Kier molecular flexibility index (Phi) is 8.43. The fourth-order valence-corrected chi connectivity index (χ4v) is 2.59. The standard InChI is InChI=1S/C22H26O4/c1-25-16-4-2-3-5-17-26-21-13-11-20(12-14-21)19-9-6-18(7-10-19)8-15-22(23)24/h6-15H,2-5,16-17H2,1H3,(H,23,24)/b15-8+. The van der Waals surface area contributed by atoms with Gasteiger partial charge in [0.25, 0.3) is 0 Å². The van der Waals surface area contributed by atoms with Crippen molar-refractivity contribution >= 4 is 12.0 Å². The molecule has 1 N–H and O–H groups in total. The van der Waals surface area contributed by atoms with Gasteiger partial charge in [0.15, 0.2) is 0 Å². The van der Waals surface area contributed by atoms with Crippen molar-refractivity contribution in [2.24, 2.45) is 0 Å². The lowest BCUT2D eigenvalue weighted by Crippen LogP contribution is -1.97. The first-order chi connectivity index (χ1) is 12.7. The Labute approximate surface area is 155 Å². The second kappa shape index (κ2) is 11.1. The van der Waals surface area contributed by atoms with Crippen molar-refractivity contribution in [2.45, 2.75) is 25.7 Å². The number of aliphatic carboxylic acids is 1. The highest BCUT2D eigenvalue weighted by Crippen LogP contribution is 2.23. The van der Waals surface area contributed by atoms with Crippen molar-refractivity contribution in [1.29, 1.82) is 0 Å².